The molecule has 3 nitrogen and oxygen atoms in total. The molecule has 2 aliphatic heterocycles. The van der Waals surface area contributed by atoms with Crippen molar-refractivity contribution >= 4 is 72.8 Å². The number of para-hydroxylation sites is 5. The second-order valence-electron chi connectivity index (χ2n) is 13.4. The monoisotopic (exact) mass is 611 g/mol. The van der Waals surface area contributed by atoms with E-state index in [1.165, 1.54) is 99.5 Å². The molecule has 0 spiro atoms. The summed E-state index contributed by atoms with van der Waals surface area (Å²) in [5.41, 5.74) is 17.8. The molecule has 2 aromatic heterocycles. The standard InChI is InChI=1S/C44H30BN3/c1-27-25-35-34-24-23-33-31-17-7-10-21-38(31)46(29-14-4-3-5-15-29)43(33)44(34)48(37-20-9-6-13-28(37)2)45-36-19-12-18-32-30-16-8-11-22-39(30)47(42(32)36)40(26-27)41(35)45/h3-26H,1-2H3. The van der Waals surface area contributed by atoms with Crippen molar-refractivity contribution in [2.75, 3.05) is 4.81 Å². The Hall–Kier alpha value is -6.00. The number of aromatic nitrogens is 2. The predicted octanol–water partition coefficient (Wildman–Crippen LogP) is 9.74. The first-order chi connectivity index (χ1) is 23.7. The number of fused-ring (bicyclic) bond motifs is 11. The van der Waals surface area contributed by atoms with Crippen molar-refractivity contribution in [1.82, 2.24) is 9.13 Å². The van der Waals surface area contributed by atoms with Gasteiger partial charge in [0.15, 0.2) is 0 Å². The fourth-order valence-corrected chi connectivity index (χ4v) is 8.98. The van der Waals surface area contributed by atoms with Crippen molar-refractivity contribution in [1.29, 1.82) is 0 Å². The number of benzene rings is 7. The fourth-order valence-electron chi connectivity index (χ4n) is 8.98. The molecule has 4 heterocycles. The Morgan fingerprint density at radius 1 is 0.479 bits per heavy atom. The molecule has 0 atom stereocenters. The summed E-state index contributed by atoms with van der Waals surface area (Å²) in [7, 11) is 0. The quantitative estimate of drug-likeness (QED) is 0.178. The highest BCUT2D eigenvalue weighted by Crippen LogP contribution is 2.50. The third-order valence-corrected chi connectivity index (χ3v) is 10.8. The molecule has 0 bridgehead atoms. The second kappa shape index (κ2) is 9.30. The molecule has 4 heteroatoms. The van der Waals surface area contributed by atoms with E-state index in [4.69, 9.17) is 0 Å². The van der Waals surface area contributed by atoms with Gasteiger partial charge in [0.05, 0.1) is 27.8 Å². The number of hydrogen-bond donors (Lipinski definition) is 0. The summed E-state index contributed by atoms with van der Waals surface area (Å²) >= 11 is 0. The Kier molecular flexibility index (Phi) is 5.06. The van der Waals surface area contributed by atoms with Crippen LogP contribution < -0.4 is 15.7 Å². The number of nitrogens with zero attached hydrogens (tertiary/aromatic N) is 3. The van der Waals surface area contributed by atoms with Crippen molar-refractivity contribution in [2.45, 2.75) is 13.8 Å². The van der Waals surface area contributed by atoms with Gasteiger partial charge < -0.3 is 13.9 Å². The van der Waals surface area contributed by atoms with Crippen LogP contribution in [0.15, 0.2) is 146 Å². The molecule has 0 saturated heterocycles. The van der Waals surface area contributed by atoms with Crippen LogP contribution in [-0.4, -0.2) is 16.0 Å². The van der Waals surface area contributed by atoms with Gasteiger partial charge in [-0.05, 0) is 77.9 Å². The van der Waals surface area contributed by atoms with Gasteiger partial charge in [0.1, 0.15) is 0 Å². The Morgan fingerprint density at radius 2 is 1.15 bits per heavy atom. The summed E-state index contributed by atoms with van der Waals surface area (Å²) in [5, 5.41) is 5.15. The fraction of sp³-hybridized carbons (Fsp3) is 0.0455. The summed E-state index contributed by atoms with van der Waals surface area (Å²) in [5.74, 6) is 0. The first-order valence-corrected chi connectivity index (χ1v) is 16.8. The van der Waals surface area contributed by atoms with Gasteiger partial charge in [0.2, 0.25) is 0 Å². The normalized spacial score (nSPS) is 13.1. The van der Waals surface area contributed by atoms with Gasteiger partial charge in [0.25, 0.3) is 0 Å². The molecule has 48 heavy (non-hydrogen) atoms. The van der Waals surface area contributed by atoms with Crippen LogP contribution in [0.25, 0.3) is 66.1 Å². The van der Waals surface area contributed by atoms with E-state index in [0.29, 0.717) is 0 Å². The number of rotatable bonds is 2. The molecule has 11 rings (SSSR count). The lowest BCUT2D eigenvalue weighted by atomic mass is 9.43. The summed E-state index contributed by atoms with van der Waals surface area (Å²) in [6.07, 6.45) is 0. The van der Waals surface area contributed by atoms with E-state index < -0.39 is 0 Å². The first kappa shape index (κ1) is 26.1. The Bertz CT molecular complexity index is 2820. The lowest BCUT2D eigenvalue weighted by Gasteiger charge is -2.43. The Balaban J connectivity index is 1.39. The lowest BCUT2D eigenvalue weighted by Crippen LogP contribution is -2.60. The highest BCUT2D eigenvalue weighted by molar-refractivity contribution is 6.93. The number of aryl methyl sites for hydroxylation is 2. The first-order valence-electron chi connectivity index (χ1n) is 16.8. The average Bonchev–Trinajstić information content (AvgIpc) is 3.65. The number of anilines is 2. The minimum absolute atomic E-state index is 0.0162. The summed E-state index contributed by atoms with van der Waals surface area (Å²) in [6, 6.07) is 54.1. The molecular formula is C44H30BN3. The lowest BCUT2D eigenvalue weighted by molar-refractivity contribution is 1.16. The van der Waals surface area contributed by atoms with Crippen LogP contribution in [0.2, 0.25) is 0 Å². The van der Waals surface area contributed by atoms with Crippen molar-refractivity contribution in [3.8, 4) is 22.5 Å². The number of hydrogen-bond acceptors (Lipinski definition) is 1. The van der Waals surface area contributed by atoms with Gasteiger partial charge in [-0.3, -0.25) is 0 Å². The third kappa shape index (κ3) is 3.20. The molecule has 7 aromatic carbocycles. The molecule has 0 aliphatic carbocycles. The zero-order valence-electron chi connectivity index (χ0n) is 26.8. The molecule has 0 fully saturated rings. The van der Waals surface area contributed by atoms with E-state index in [-0.39, 0.29) is 6.85 Å². The highest BCUT2D eigenvalue weighted by Gasteiger charge is 2.45. The average molecular weight is 612 g/mol. The van der Waals surface area contributed by atoms with Crippen molar-refractivity contribution < 1.29 is 0 Å². The maximum absolute atomic E-state index is 2.68. The van der Waals surface area contributed by atoms with Gasteiger partial charge in [-0.25, -0.2) is 0 Å². The maximum atomic E-state index is 2.68. The predicted molar refractivity (Wildman–Crippen MR) is 204 cm³/mol. The molecule has 0 N–H and O–H groups in total. The second-order valence-corrected chi connectivity index (χ2v) is 13.4. The van der Waals surface area contributed by atoms with E-state index in [1.54, 1.807) is 0 Å². The summed E-state index contributed by atoms with van der Waals surface area (Å²) in [6.45, 7) is 4.49. The van der Waals surface area contributed by atoms with Crippen LogP contribution in [0.5, 0.6) is 0 Å². The van der Waals surface area contributed by atoms with Crippen molar-refractivity contribution in [3.63, 3.8) is 0 Å². The van der Waals surface area contributed by atoms with Crippen LogP contribution in [0.1, 0.15) is 11.1 Å². The smallest absolute Gasteiger partial charge is 0.333 e. The van der Waals surface area contributed by atoms with Crippen LogP contribution in [-0.2, 0) is 0 Å². The molecule has 9 aromatic rings. The molecule has 0 amide bonds. The molecule has 0 unspecified atom stereocenters. The van der Waals surface area contributed by atoms with Crippen LogP contribution in [0, 0.1) is 13.8 Å². The molecule has 0 saturated carbocycles. The van der Waals surface area contributed by atoms with Gasteiger partial charge in [-0.1, -0.05) is 109 Å². The van der Waals surface area contributed by atoms with Gasteiger partial charge in [-0.2, -0.15) is 0 Å². The van der Waals surface area contributed by atoms with Crippen LogP contribution in [0.4, 0.5) is 11.4 Å². The van der Waals surface area contributed by atoms with E-state index in [1.807, 2.05) is 0 Å². The van der Waals surface area contributed by atoms with Crippen LogP contribution >= 0.6 is 0 Å². The topological polar surface area (TPSA) is 13.1 Å². The Morgan fingerprint density at radius 3 is 1.94 bits per heavy atom. The minimum atomic E-state index is -0.0162. The highest BCUT2D eigenvalue weighted by atomic mass is 15.1. The zero-order valence-corrected chi connectivity index (χ0v) is 26.8. The van der Waals surface area contributed by atoms with E-state index in [9.17, 15) is 0 Å². The third-order valence-electron chi connectivity index (χ3n) is 10.8. The zero-order chi connectivity index (χ0) is 31.7. The molecular weight excluding hydrogens is 581 g/mol. The van der Waals surface area contributed by atoms with Gasteiger partial charge in [-0.15, -0.1) is 0 Å². The Labute approximate surface area is 279 Å². The summed E-state index contributed by atoms with van der Waals surface area (Å²) < 4.78 is 5.04. The molecule has 224 valence electrons. The van der Waals surface area contributed by atoms with Gasteiger partial charge >= 0.3 is 6.85 Å². The van der Waals surface area contributed by atoms with E-state index >= 15 is 0 Å². The van der Waals surface area contributed by atoms with E-state index in [2.05, 4.69) is 173 Å². The van der Waals surface area contributed by atoms with Gasteiger partial charge in [0, 0.05) is 44.2 Å². The summed E-state index contributed by atoms with van der Waals surface area (Å²) in [4.78, 5) is 2.68. The SMILES string of the molecule is Cc1cc2c3c(c1)-n1c4ccccc4c4cccc(c41)B3N(c1ccccc1C)c1c-2ccc2c3ccccc3n(-c3ccccc3)c12. The van der Waals surface area contributed by atoms with Crippen LogP contribution in [0.3, 0.4) is 0 Å². The van der Waals surface area contributed by atoms with Crippen molar-refractivity contribution in [2.24, 2.45) is 0 Å². The minimum Gasteiger partial charge on any atom is -0.374 e. The molecule has 0 radical (unpaired) electrons. The molecule has 2 aliphatic rings. The maximum Gasteiger partial charge on any atom is 0.333 e. The van der Waals surface area contributed by atoms with Crippen molar-refractivity contribution in [3.05, 3.63) is 157 Å². The largest absolute Gasteiger partial charge is 0.374 e. The van der Waals surface area contributed by atoms with E-state index in [0.717, 1.165) is 0 Å².